The molecule has 5 amide bonds. The third-order valence-electron chi connectivity index (χ3n) is 5.32. The molecule has 0 radical (unpaired) electrons. The van der Waals surface area contributed by atoms with Crippen LogP contribution in [0.3, 0.4) is 0 Å². The molecule has 2 aliphatic rings. The monoisotopic (exact) mass is 432 g/mol. The van der Waals surface area contributed by atoms with E-state index in [-0.39, 0.29) is 30.9 Å². The van der Waals surface area contributed by atoms with E-state index in [2.05, 4.69) is 5.32 Å². The van der Waals surface area contributed by atoms with E-state index in [1.165, 1.54) is 12.0 Å². The summed E-state index contributed by atoms with van der Waals surface area (Å²) in [6.45, 7) is 4.21. The van der Waals surface area contributed by atoms with Gasteiger partial charge in [-0.3, -0.25) is 19.8 Å². The summed E-state index contributed by atoms with van der Waals surface area (Å²) in [5.41, 5.74) is 0.830. The fraction of sp³-hybridized carbons (Fsp3) is 0.524. The summed E-state index contributed by atoms with van der Waals surface area (Å²) in [5.74, 6) is -0.101. The summed E-state index contributed by atoms with van der Waals surface area (Å²) in [6.07, 6.45) is 1.60. The highest BCUT2D eigenvalue weighted by atomic mass is 16.6. The van der Waals surface area contributed by atoms with Gasteiger partial charge in [-0.05, 0) is 24.6 Å². The molecule has 0 aliphatic carbocycles. The minimum Gasteiger partial charge on any atom is -0.495 e. The Morgan fingerprint density at radius 1 is 1.06 bits per heavy atom. The maximum absolute atomic E-state index is 13.0. The second-order valence-corrected chi connectivity index (χ2v) is 7.39. The molecule has 31 heavy (non-hydrogen) atoms. The summed E-state index contributed by atoms with van der Waals surface area (Å²) in [7, 11) is 1.48. The maximum atomic E-state index is 13.0. The number of methoxy groups -OCH3 is 1. The van der Waals surface area contributed by atoms with Gasteiger partial charge in [0, 0.05) is 44.7 Å². The highest BCUT2D eigenvalue weighted by Gasteiger charge is 2.29. The first-order valence-electron chi connectivity index (χ1n) is 10.4. The average Bonchev–Trinajstić information content (AvgIpc) is 2.78. The van der Waals surface area contributed by atoms with Crippen molar-refractivity contribution < 1.29 is 28.7 Å². The van der Waals surface area contributed by atoms with Gasteiger partial charge in [-0.15, -0.1) is 0 Å². The Morgan fingerprint density at radius 2 is 1.77 bits per heavy atom. The third-order valence-corrected chi connectivity index (χ3v) is 5.32. The lowest BCUT2D eigenvalue weighted by molar-refractivity contribution is -0.120. The quantitative estimate of drug-likeness (QED) is 0.687. The van der Waals surface area contributed by atoms with Crippen molar-refractivity contribution in [3.05, 3.63) is 23.8 Å². The molecule has 0 bridgehead atoms. The predicted octanol–water partition coefficient (Wildman–Crippen LogP) is 1.84. The Labute approximate surface area is 181 Å². The first kappa shape index (κ1) is 22.4. The highest BCUT2D eigenvalue weighted by Crippen LogP contribution is 2.31. The van der Waals surface area contributed by atoms with Crippen LogP contribution in [-0.4, -0.2) is 80.2 Å². The van der Waals surface area contributed by atoms with Crippen molar-refractivity contribution in [1.29, 1.82) is 0 Å². The highest BCUT2D eigenvalue weighted by molar-refractivity contribution is 6.07. The van der Waals surface area contributed by atoms with Crippen LogP contribution in [0.2, 0.25) is 0 Å². The molecule has 3 rings (SSSR count). The number of hydrogen-bond acceptors (Lipinski definition) is 6. The maximum Gasteiger partial charge on any atom is 0.409 e. The van der Waals surface area contributed by atoms with Gasteiger partial charge in [0.1, 0.15) is 5.75 Å². The van der Waals surface area contributed by atoms with Crippen LogP contribution in [-0.2, 0) is 9.53 Å². The summed E-state index contributed by atoms with van der Waals surface area (Å²) in [4.78, 5) is 53.5. The van der Waals surface area contributed by atoms with Gasteiger partial charge >= 0.3 is 12.1 Å². The van der Waals surface area contributed by atoms with Gasteiger partial charge in [0.25, 0.3) is 5.91 Å². The number of piperazine rings is 1. The van der Waals surface area contributed by atoms with Gasteiger partial charge in [0.05, 0.1) is 19.4 Å². The predicted molar refractivity (Wildman–Crippen MR) is 112 cm³/mol. The molecule has 168 valence electrons. The molecule has 0 saturated carbocycles. The van der Waals surface area contributed by atoms with Crippen LogP contribution in [0.4, 0.5) is 15.3 Å². The molecule has 2 fully saturated rings. The fourth-order valence-corrected chi connectivity index (χ4v) is 3.50. The second kappa shape index (κ2) is 10.1. The number of rotatable bonds is 6. The second-order valence-electron chi connectivity index (χ2n) is 7.39. The Bertz CT molecular complexity index is 850. The van der Waals surface area contributed by atoms with Crippen LogP contribution in [0.15, 0.2) is 18.2 Å². The lowest BCUT2D eigenvalue weighted by Crippen LogP contribution is -2.51. The Balaban J connectivity index is 1.66. The summed E-state index contributed by atoms with van der Waals surface area (Å²) in [6, 6.07) is 4.33. The zero-order valence-electron chi connectivity index (χ0n) is 17.9. The minimum absolute atomic E-state index is 0.170. The van der Waals surface area contributed by atoms with E-state index in [4.69, 9.17) is 9.47 Å². The van der Waals surface area contributed by atoms with Gasteiger partial charge in [0.15, 0.2) is 0 Å². The summed E-state index contributed by atoms with van der Waals surface area (Å²) >= 11 is 0. The Hall–Kier alpha value is -3.30. The van der Waals surface area contributed by atoms with Gasteiger partial charge in [0.2, 0.25) is 5.91 Å². The number of benzene rings is 1. The van der Waals surface area contributed by atoms with Gasteiger partial charge in [-0.2, -0.15) is 0 Å². The minimum atomic E-state index is -0.547. The standard InChI is InChI=1S/C21H28N4O6/c1-3-4-13-31-21(29)24-11-9-23(10-12-24)19(27)15-5-6-17(30-2)16(14-15)25-8-7-18(26)22-20(25)28/h5-6,14H,3-4,7-13H2,1-2H3,(H,22,26,28). The first-order valence-corrected chi connectivity index (χ1v) is 10.4. The molecule has 2 aliphatic heterocycles. The van der Waals surface area contributed by atoms with E-state index in [0.29, 0.717) is 49.8 Å². The number of anilines is 1. The van der Waals surface area contributed by atoms with Crippen molar-refractivity contribution in [3.8, 4) is 5.75 Å². The molecule has 0 unspecified atom stereocenters. The van der Waals surface area contributed by atoms with E-state index in [1.807, 2.05) is 6.92 Å². The number of nitrogens with one attached hydrogen (secondary N) is 1. The molecule has 0 aromatic heterocycles. The number of carbonyl (C=O) groups is 4. The molecular formula is C21H28N4O6. The largest absolute Gasteiger partial charge is 0.495 e. The van der Waals surface area contributed by atoms with Crippen molar-refractivity contribution >= 4 is 29.6 Å². The number of urea groups is 1. The average molecular weight is 432 g/mol. The van der Waals surface area contributed by atoms with Gasteiger partial charge < -0.3 is 19.3 Å². The van der Waals surface area contributed by atoms with Crippen LogP contribution in [0.5, 0.6) is 5.75 Å². The van der Waals surface area contributed by atoms with Gasteiger partial charge in [-0.25, -0.2) is 9.59 Å². The van der Waals surface area contributed by atoms with Gasteiger partial charge in [-0.1, -0.05) is 13.3 Å². The van der Waals surface area contributed by atoms with E-state index >= 15 is 0 Å². The van der Waals surface area contributed by atoms with E-state index in [0.717, 1.165) is 12.8 Å². The SMILES string of the molecule is CCCCOC(=O)N1CCN(C(=O)c2ccc(OC)c(N3CCC(=O)NC3=O)c2)CC1. The number of carbonyl (C=O) groups excluding carboxylic acids is 4. The van der Waals surface area contributed by atoms with Crippen molar-refractivity contribution in [1.82, 2.24) is 15.1 Å². The number of unbranched alkanes of at least 4 members (excludes halogenated alkanes) is 1. The van der Waals surface area contributed by atoms with E-state index in [1.54, 1.807) is 28.0 Å². The lowest BCUT2D eigenvalue weighted by atomic mass is 10.1. The molecule has 10 heteroatoms. The summed E-state index contributed by atoms with van der Waals surface area (Å²) in [5, 5.41) is 2.27. The molecule has 0 spiro atoms. The molecule has 1 N–H and O–H groups in total. The lowest BCUT2D eigenvalue weighted by Gasteiger charge is -2.34. The van der Waals surface area contributed by atoms with Crippen molar-refractivity contribution in [2.45, 2.75) is 26.2 Å². The molecule has 1 aromatic rings. The van der Waals surface area contributed by atoms with Crippen molar-refractivity contribution in [2.24, 2.45) is 0 Å². The first-order chi connectivity index (χ1) is 14.9. The van der Waals surface area contributed by atoms with Crippen LogP contribution < -0.4 is 15.0 Å². The summed E-state index contributed by atoms with van der Waals surface area (Å²) < 4.78 is 10.6. The molecule has 2 heterocycles. The third kappa shape index (κ3) is 5.25. The number of ether oxygens (including phenoxy) is 2. The van der Waals surface area contributed by atoms with E-state index < -0.39 is 6.03 Å². The topological polar surface area (TPSA) is 108 Å². The van der Waals surface area contributed by atoms with Crippen molar-refractivity contribution in [3.63, 3.8) is 0 Å². The molecule has 0 atom stereocenters. The smallest absolute Gasteiger partial charge is 0.409 e. The fourth-order valence-electron chi connectivity index (χ4n) is 3.50. The van der Waals surface area contributed by atoms with E-state index in [9.17, 15) is 19.2 Å². The Morgan fingerprint density at radius 3 is 2.42 bits per heavy atom. The van der Waals surface area contributed by atoms with Crippen molar-refractivity contribution in [2.75, 3.05) is 51.3 Å². The zero-order valence-corrected chi connectivity index (χ0v) is 17.9. The molecule has 10 nitrogen and oxygen atoms in total. The van der Waals surface area contributed by atoms with Crippen LogP contribution in [0, 0.1) is 0 Å². The molecule has 2 saturated heterocycles. The molecular weight excluding hydrogens is 404 g/mol. The number of amides is 5. The van der Waals surface area contributed by atoms with Crippen LogP contribution in [0.1, 0.15) is 36.5 Å². The zero-order chi connectivity index (χ0) is 22.4. The number of nitrogens with zero attached hydrogens (tertiary/aromatic N) is 3. The van der Waals surface area contributed by atoms with Crippen LogP contribution in [0.25, 0.3) is 0 Å². The van der Waals surface area contributed by atoms with Crippen LogP contribution >= 0.6 is 0 Å². The normalized spacial score (nSPS) is 16.8. The number of imide groups is 1. The molecule has 1 aromatic carbocycles. The Kier molecular flexibility index (Phi) is 7.32. The number of hydrogen-bond donors (Lipinski definition) is 1.